The van der Waals surface area contributed by atoms with Crippen molar-refractivity contribution in [1.29, 1.82) is 0 Å². The molecule has 0 bridgehead atoms. The zero-order valence-corrected chi connectivity index (χ0v) is 11.7. The van der Waals surface area contributed by atoms with Crippen LogP contribution in [0.5, 0.6) is 0 Å². The van der Waals surface area contributed by atoms with Gasteiger partial charge in [-0.1, -0.05) is 19.1 Å². The van der Waals surface area contributed by atoms with Gasteiger partial charge in [-0.25, -0.2) is 8.42 Å². The van der Waals surface area contributed by atoms with Gasteiger partial charge in [0.2, 0.25) is 0 Å². The molecule has 1 unspecified atom stereocenters. The van der Waals surface area contributed by atoms with Crippen molar-refractivity contribution in [2.75, 3.05) is 20.0 Å². The number of methoxy groups -OCH3 is 1. The molecule has 1 rings (SSSR count). The van der Waals surface area contributed by atoms with Crippen molar-refractivity contribution in [1.82, 2.24) is 0 Å². The highest BCUT2D eigenvalue weighted by atomic mass is 32.2. The lowest BCUT2D eigenvalue weighted by Crippen LogP contribution is -2.13. The number of sulfone groups is 1. The SMILES string of the molecule is COCCC(C)C(=O)c1ccc(S(C)(=O)=O)cc1. The molecule has 0 aliphatic rings. The first-order valence-electron chi connectivity index (χ1n) is 5.69. The molecule has 0 heterocycles. The van der Waals surface area contributed by atoms with E-state index in [2.05, 4.69) is 0 Å². The Hall–Kier alpha value is -1.20. The minimum atomic E-state index is -3.21. The summed E-state index contributed by atoms with van der Waals surface area (Å²) in [5, 5.41) is 0. The smallest absolute Gasteiger partial charge is 0.175 e. The molecule has 0 spiro atoms. The van der Waals surface area contributed by atoms with Crippen molar-refractivity contribution >= 4 is 15.6 Å². The first-order valence-corrected chi connectivity index (χ1v) is 7.58. The van der Waals surface area contributed by atoms with Gasteiger partial charge in [-0.05, 0) is 18.6 Å². The normalized spacial score (nSPS) is 13.3. The number of ether oxygens (including phenoxy) is 1. The number of hydrogen-bond acceptors (Lipinski definition) is 4. The molecule has 0 amide bonds. The van der Waals surface area contributed by atoms with Crippen molar-refractivity contribution in [2.24, 2.45) is 5.92 Å². The topological polar surface area (TPSA) is 60.4 Å². The van der Waals surface area contributed by atoms with Crippen LogP contribution in [0.2, 0.25) is 0 Å². The predicted octanol–water partition coefficient (Wildman–Crippen LogP) is 1.95. The quantitative estimate of drug-likeness (QED) is 0.741. The van der Waals surface area contributed by atoms with Crippen LogP contribution in [-0.2, 0) is 14.6 Å². The lowest BCUT2D eigenvalue weighted by Gasteiger charge is -2.10. The van der Waals surface area contributed by atoms with Crippen LogP contribution < -0.4 is 0 Å². The summed E-state index contributed by atoms with van der Waals surface area (Å²) in [6.07, 6.45) is 1.80. The molecule has 4 nitrogen and oxygen atoms in total. The molecule has 1 aromatic carbocycles. The Morgan fingerprint density at radius 2 is 1.83 bits per heavy atom. The van der Waals surface area contributed by atoms with E-state index in [-0.39, 0.29) is 16.6 Å². The fraction of sp³-hybridized carbons (Fsp3) is 0.462. The van der Waals surface area contributed by atoms with E-state index in [9.17, 15) is 13.2 Å². The van der Waals surface area contributed by atoms with Crippen LogP contribution in [0, 0.1) is 5.92 Å². The predicted molar refractivity (Wildman–Crippen MR) is 69.5 cm³/mol. The standard InChI is InChI=1S/C13H18O4S/c1-10(8-9-17-2)13(14)11-4-6-12(7-5-11)18(3,15)16/h4-7,10H,8-9H2,1-3H3. The van der Waals surface area contributed by atoms with E-state index in [1.165, 1.54) is 12.1 Å². The Kier molecular flexibility index (Phi) is 5.04. The second-order valence-electron chi connectivity index (χ2n) is 4.34. The Bertz CT molecular complexity index is 502. The van der Waals surface area contributed by atoms with E-state index < -0.39 is 9.84 Å². The third-order valence-corrected chi connectivity index (χ3v) is 3.90. The fourth-order valence-corrected chi connectivity index (χ4v) is 2.21. The highest BCUT2D eigenvalue weighted by molar-refractivity contribution is 7.90. The molecular weight excluding hydrogens is 252 g/mol. The van der Waals surface area contributed by atoms with Crippen molar-refractivity contribution in [3.63, 3.8) is 0 Å². The molecule has 5 heteroatoms. The summed E-state index contributed by atoms with van der Waals surface area (Å²) in [6.45, 7) is 2.38. The van der Waals surface area contributed by atoms with E-state index in [1.54, 1.807) is 19.2 Å². The van der Waals surface area contributed by atoms with Crippen LogP contribution in [0.3, 0.4) is 0 Å². The molecule has 100 valence electrons. The second-order valence-corrected chi connectivity index (χ2v) is 6.36. The molecule has 18 heavy (non-hydrogen) atoms. The van der Waals surface area contributed by atoms with Crippen LogP contribution in [0.4, 0.5) is 0 Å². The Morgan fingerprint density at radius 3 is 2.28 bits per heavy atom. The van der Waals surface area contributed by atoms with E-state index in [0.717, 1.165) is 6.26 Å². The lowest BCUT2D eigenvalue weighted by atomic mass is 9.97. The van der Waals surface area contributed by atoms with Gasteiger partial charge in [0.15, 0.2) is 15.6 Å². The zero-order valence-electron chi connectivity index (χ0n) is 10.8. The van der Waals surface area contributed by atoms with E-state index >= 15 is 0 Å². The molecule has 1 atom stereocenters. The molecule has 0 aromatic heterocycles. The first kappa shape index (κ1) is 14.9. The van der Waals surface area contributed by atoms with Crippen molar-refractivity contribution in [3.05, 3.63) is 29.8 Å². The Morgan fingerprint density at radius 1 is 1.28 bits per heavy atom. The number of hydrogen-bond donors (Lipinski definition) is 0. The third kappa shape index (κ3) is 3.92. The van der Waals surface area contributed by atoms with Crippen LogP contribution in [0.25, 0.3) is 0 Å². The van der Waals surface area contributed by atoms with Gasteiger partial charge >= 0.3 is 0 Å². The number of benzene rings is 1. The lowest BCUT2D eigenvalue weighted by molar-refractivity contribution is 0.0893. The first-order chi connectivity index (χ1) is 8.36. The average Bonchev–Trinajstić information content (AvgIpc) is 2.34. The number of carbonyl (C=O) groups excluding carboxylic acids is 1. The van der Waals surface area contributed by atoms with Crippen LogP contribution in [-0.4, -0.2) is 34.2 Å². The van der Waals surface area contributed by atoms with Crippen molar-refractivity contribution < 1.29 is 17.9 Å². The number of ketones is 1. The minimum Gasteiger partial charge on any atom is -0.385 e. The number of Topliss-reactive ketones (excluding diaryl/α,β-unsaturated/α-hetero) is 1. The van der Waals surface area contributed by atoms with Crippen LogP contribution in [0.1, 0.15) is 23.7 Å². The summed E-state index contributed by atoms with van der Waals surface area (Å²) in [5.41, 5.74) is 0.533. The summed E-state index contributed by atoms with van der Waals surface area (Å²) in [5.74, 6) is -0.124. The van der Waals surface area contributed by atoms with Gasteiger partial charge in [-0.3, -0.25) is 4.79 Å². The summed E-state index contributed by atoms with van der Waals surface area (Å²) < 4.78 is 27.5. The molecule has 0 aliphatic carbocycles. The molecule has 0 aliphatic heterocycles. The summed E-state index contributed by atoms with van der Waals surface area (Å²) in [6, 6.07) is 6.04. The van der Waals surface area contributed by atoms with E-state index in [0.29, 0.717) is 18.6 Å². The largest absolute Gasteiger partial charge is 0.385 e. The molecule has 0 radical (unpaired) electrons. The van der Waals surface area contributed by atoms with Gasteiger partial charge in [0.05, 0.1) is 4.90 Å². The monoisotopic (exact) mass is 270 g/mol. The number of carbonyl (C=O) groups is 1. The van der Waals surface area contributed by atoms with Gasteiger partial charge in [0.1, 0.15) is 0 Å². The number of rotatable bonds is 6. The molecule has 0 fully saturated rings. The van der Waals surface area contributed by atoms with E-state index in [1.807, 2.05) is 6.92 Å². The van der Waals surface area contributed by atoms with E-state index in [4.69, 9.17) is 4.74 Å². The third-order valence-electron chi connectivity index (χ3n) is 2.77. The second kappa shape index (κ2) is 6.11. The van der Waals surface area contributed by atoms with Gasteiger partial charge in [0, 0.05) is 31.5 Å². The van der Waals surface area contributed by atoms with Gasteiger partial charge < -0.3 is 4.74 Å². The minimum absolute atomic E-state index is 0.00658. The fourth-order valence-electron chi connectivity index (χ4n) is 1.58. The molecule has 1 aromatic rings. The maximum Gasteiger partial charge on any atom is 0.175 e. The van der Waals surface area contributed by atoms with Gasteiger partial charge in [-0.15, -0.1) is 0 Å². The van der Waals surface area contributed by atoms with Crippen molar-refractivity contribution in [3.8, 4) is 0 Å². The zero-order chi connectivity index (χ0) is 13.8. The average molecular weight is 270 g/mol. The van der Waals surface area contributed by atoms with Gasteiger partial charge in [0.25, 0.3) is 0 Å². The summed E-state index contributed by atoms with van der Waals surface area (Å²) in [4.78, 5) is 12.2. The molecular formula is C13H18O4S. The molecule has 0 saturated heterocycles. The Balaban J connectivity index is 2.82. The highest BCUT2D eigenvalue weighted by Crippen LogP contribution is 2.15. The van der Waals surface area contributed by atoms with Crippen molar-refractivity contribution in [2.45, 2.75) is 18.2 Å². The summed E-state index contributed by atoms with van der Waals surface area (Å²) >= 11 is 0. The van der Waals surface area contributed by atoms with Crippen LogP contribution >= 0.6 is 0 Å². The Labute approximate surface area is 108 Å². The molecule has 0 saturated carbocycles. The maximum absolute atomic E-state index is 12.0. The highest BCUT2D eigenvalue weighted by Gasteiger charge is 2.15. The van der Waals surface area contributed by atoms with Crippen LogP contribution in [0.15, 0.2) is 29.2 Å². The molecule has 0 N–H and O–H groups in total. The maximum atomic E-state index is 12.0. The van der Waals surface area contributed by atoms with Gasteiger partial charge in [-0.2, -0.15) is 0 Å². The summed E-state index contributed by atoms with van der Waals surface area (Å²) in [7, 11) is -1.62.